The van der Waals surface area contributed by atoms with E-state index in [1.165, 1.54) is 0 Å². The molecule has 1 saturated heterocycles. The van der Waals surface area contributed by atoms with Gasteiger partial charge in [-0.3, -0.25) is 15.5 Å². The van der Waals surface area contributed by atoms with Gasteiger partial charge in [0.2, 0.25) is 0 Å². The first-order valence-corrected chi connectivity index (χ1v) is 6.94. The van der Waals surface area contributed by atoms with E-state index < -0.39 is 0 Å². The van der Waals surface area contributed by atoms with E-state index in [0.717, 1.165) is 45.0 Å². The zero-order valence-electron chi connectivity index (χ0n) is 11.6. The van der Waals surface area contributed by atoms with Crippen molar-refractivity contribution in [2.45, 2.75) is 6.42 Å². The summed E-state index contributed by atoms with van der Waals surface area (Å²) in [7, 11) is 0. The Bertz CT molecular complexity index is 416. The molecule has 110 valence electrons. The lowest BCUT2D eigenvalue weighted by atomic mass is 10.2. The molecule has 0 saturated carbocycles. The molecule has 1 aliphatic heterocycles. The van der Waals surface area contributed by atoms with E-state index in [4.69, 9.17) is 10.6 Å². The molecule has 1 fully saturated rings. The average Bonchev–Trinajstić information content (AvgIpc) is 2.52. The Balaban J connectivity index is 1.66. The summed E-state index contributed by atoms with van der Waals surface area (Å²) in [5.41, 5.74) is 3.97. The van der Waals surface area contributed by atoms with Gasteiger partial charge in [0.05, 0.1) is 13.2 Å². The van der Waals surface area contributed by atoms with Gasteiger partial charge in [-0.05, 0) is 37.2 Å². The Morgan fingerprint density at radius 1 is 1.25 bits per heavy atom. The predicted molar refractivity (Wildman–Crippen MR) is 78.5 cm³/mol. The molecular formula is C14H22N4O2. The molecule has 20 heavy (non-hydrogen) atoms. The first-order chi connectivity index (χ1) is 9.79. The van der Waals surface area contributed by atoms with E-state index in [2.05, 4.69) is 15.6 Å². The van der Waals surface area contributed by atoms with Crippen LogP contribution in [0.4, 0.5) is 5.69 Å². The van der Waals surface area contributed by atoms with Gasteiger partial charge in [0.1, 0.15) is 0 Å². The highest BCUT2D eigenvalue weighted by Gasteiger charge is 2.10. The van der Waals surface area contributed by atoms with Crippen molar-refractivity contribution < 1.29 is 9.53 Å². The standard InChI is InChI=1S/C14H22N4O2/c15-17-13-4-2-12(3-5-13)14(19)16-6-1-7-18-8-10-20-11-9-18/h2-5,17H,1,6-11,15H2,(H,16,19). The number of ether oxygens (including phenoxy) is 1. The van der Waals surface area contributed by atoms with Crippen LogP contribution in [0, 0.1) is 0 Å². The number of nitrogens with one attached hydrogen (secondary N) is 2. The molecule has 6 nitrogen and oxygen atoms in total. The number of carbonyl (C=O) groups excluding carboxylic acids is 1. The molecule has 0 aliphatic carbocycles. The molecule has 0 bridgehead atoms. The number of rotatable bonds is 6. The highest BCUT2D eigenvalue weighted by Crippen LogP contribution is 2.07. The molecule has 2 rings (SSSR count). The quantitative estimate of drug-likeness (QED) is 0.399. The normalized spacial score (nSPS) is 15.8. The third-order valence-electron chi connectivity index (χ3n) is 3.35. The Morgan fingerprint density at radius 3 is 2.60 bits per heavy atom. The van der Waals surface area contributed by atoms with Crippen LogP contribution in [0.3, 0.4) is 0 Å². The topological polar surface area (TPSA) is 79.6 Å². The molecule has 0 atom stereocenters. The van der Waals surface area contributed by atoms with Crippen LogP contribution in [0.15, 0.2) is 24.3 Å². The summed E-state index contributed by atoms with van der Waals surface area (Å²) < 4.78 is 5.30. The van der Waals surface area contributed by atoms with Crippen LogP contribution in [0.2, 0.25) is 0 Å². The fourth-order valence-corrected chi connectivity index (χ4v) is 2.15. The van der Waals surface area contributed by atoms with Gasteiger partial charge in [-0.15, -0.1) is 0 Å². The van der Waals surface area contributed by atoms with Crippen molar-refractivity contribution in [3.8, 4) is 0 Å². The van der Waals surface area contributed by atoms with E-state index in [9.17, 15) is 4.79 Å². The Morgan fingerprint density at radius 2 is 1.95 bits per heavy atom. The fraction of sp³-hybridized carbons (Fsp3) is 0.500. The first-order valence-electron chi connectivity index (χ1n) is 6.94. The number of nitrogens with two attached hydrogens (primary N) is 1. The second-order valence-electron chi connectivity index (χ2n) is 4.79. The monoisotopic (exact) mass is 278 g/mol. The van der Waals surface area contributed by atoms with Gasteiger partial charge in [0, 0.05) is 30.9 Å². The first kappa shape index (κ1) is 14.8. The van der Waals surface area contributed by atoms with Gasteiger partial charge in [-0.2, -0.15) is 0 Å². The van der Waals surface area contributed by atoms with Crippen molar-refractivity contribution in [2.75, 3.05) is 44.8 Å². The molecule has 1 heterocycles. The number of hydrazine groups is 1. The molecule has 0 aromatic heterocycles. The van der Waals surface area contributed by atoms with Gasteiger partial charge in [0.25, 0.3) is 5.91 Å². The van der Waals surface area contributed by atoms with E-state index in [1.54, 1.807) is 24.3 Å². The number of hydrogen-bond acceptors (Lipinski definition) is 5. The Kier molecular flexibility index (Phi) is 5.79. The summed E-state index contributed by atoms with van der Waals surface area (Å²) >= 11 is 0. The average molecular weight is 278 g/mol. The largest absolute Gasteiger partial charge is 0.379 e. The lowest BCUT2D eigenvalue weighted by molar-refractivity contribution is 0.0374. The summed E-state index contributed by atoms with van der Waals surface area (Å²) in [6.45, 7) is 5.29. The van der Waals surface area contributed by atoms with E-state index >= 15 is 0 Å². The highest BCUT2D eigenvalue weighted by molar-refractivity contribution is 5.94. The van der Waals surface area contributed by atoms with Crippen molar-refractivity contribution >= 4 is 11.6 Å². The van der Waals surface area contributed by atoms with E-state index in [1.807, 2.05) is 0 Å². The fourth-order valence-electron chi connectivity index (χ4n) is 2.15. The summed E-state index contributed by atoms with van der Waals surface area (Å²) in [5.74, 6) is 5.24. The molecule has 1 amide bonds. The maximum absolute atomic E-state index is 11.9. The molecule has 1 aromatic rings. The molecule has 4 N–H and O–H groups in total. The molecule has 1 aromatic carbocycles. The minimum Gasteiger partial charge on any atom is -0.379 e. The van der Waals surface area contributed by atoms with Crippen LogP contribution in [0.25, 0.3) is 0 Å². The minimum absolute atomic E-state index is 0.0458. The van der Waals surface area contributed by atoms with E-state index in [0.29, 0.717) is 12.1 Å². The molecule has 1 aliphatic rings. The minimum atomic E-state index is -0.0458. The van der Waals surface area contributed by atoms with Gasteiger partial charge in [-0.25, -0.2) is 0 Å². The molecule has 0 unspecified atom stereocenters. The van der Waals surface area contributed by atoms with Crippen LogP contribution < -0.4 is 16.6 Å². The maximum Gasteiger partial charge on any atom is 0.251 e. The smallest absolute Gasteiger partial charge is 0.251 e. The van der Waals surface area contributed by atoms with Gasteiger partial charge in [0.15, 0.2) is 0 Å². The second-order valence-corrected chi connectivity index (χ2v) is 4.79. The summed E-state index contributed by atoms with van der Waals surface area (Å²) in [6, 6.07) is 7.07. The highest BCUT2D eigenvalue weighted by atomic mass is 16.5. The summed E-state index contributed by atoms with van der Waals surface area (Å²) in [6.07, 6.45) is 0.953. The molecule has 0 radical (unpaired) electrons. The number of benzene rings is 1. The SMILES string of the molecule is NNc1ccc(C(=O)NCCCN2CCOCC2)cc1. The number of morpholine rings is 1. The second kappa shape index (κ2) is 7.84. The van der Waals surface area contributed by atoms with Gasteiger partial charge < -0.3 is 15.5 Å². The van der Waals surface area contributed by atoms with Crippen LogP contribution in [0.1, 0.15) is 16.8 Å². The number of hydrogen-bond donors (Lipinski definition) is 3. The van der Waals surface area contributed by atoms with E-state index in [-0.39, 0.29) is 5.91 Å². The van der Waals surface area contributed by atoms with Crippen LogP contribution >= 0.6 is 0 Å². The lowest BCUT2D eigenvalue weighted by Crippen LogP contribution is -2.38. The van der Waals surface area contributed by atoms with Gasteiger partial charge in [-0.1, -0.05) is 0 Å². The Hall–Kier alpha value is -1.63. The zero-order chi connectivity index (χ0) is 14.2. The van der Waals surface area contributed by atoms with Crippen molar-refractivity contribution in [1.29, 1.82) is 0 Å². The van der Waals surface area contributed by atoms with Crippen molar-refractivity contribution in [1.82, 2.24) is 10.2 Å². The number of amides is 1. The predicted octanol–water partition coefficient (Wildman–Crippen LogP) is 0.424. The van der Waals surface area contributed by atoms with Crippen molar-refractivity contribution in [2.24, 2.45) is 5.84 Å². The number of nitrogens with zero attached hydrogens (tertiary/aromatic N) is 1. The number of carbonyl (C=O) groups is 1. The Labute approximate surface area is 119 Å². The molecule has 6 heteroatoms. The summed E-state index contributed by atoms with van der Waals surface area (Å²) in [4.78, 5) is 14.3. The van der Waals surface area contributed by atoms with Crippen LogP contribution in [0.5, 0.6) is 0 Å². The molecule has 0 spiro atoms. The van der Waals surface area contributed by atoms with Crippen molar-refractivity contribution in [3.63, 3.8) is 0 Å². The number of nitrogen functional groups attached to an aromatic ring is 1. The lowest BCUT2D eigenvalue weighted by Gasteiger charge is -2.26. The number of anilines is 1. The third kappa shape index (κ3) is 4.48. The van der Waals surface area contributed by atoms with Crippen LogP contribution in [-0.4, -0.2) is 50.2 Å². The van der Waals surface area contributed by atoms with Crippen LogP contribution in [-0.2, 0) is 4.74 Å². The summed E-state index contributed by atoms with van der Waals surface area (Å²) in [5, 5.41) is 2.93. The molecular weight excluding hydrogens is 256 g/mol. The zero-order valence-corrected chi connectivity index (χ0v) is 11.6. The maximum atomic E-state index is 11.9. The van der Waals surface area contributed by atoms with Crippen molar-refractivity contribution in [3.05, 3.63) is 29.8 Å². The third-order valence-corrected chi connectivity index (χ3v) is 3.35. The van der Waals surface area contributed by atoms with Gasteiger partial charge >= 0.3 is 0 Å².